The number of rotatable bonds is 4. The normalized spacial score (nSPS) is 17.4. The van der Waals surface area contributed by atoms with Crippen LogP contribution in [0.2, 0.25) is 0 Å². The van der Waals surface area contributed by atoms with Gasteiger partial charge in [0.15, 0.2) is 11.5 Å². The van der Waals surface area contributed by atoms with Crippen molar-refractivity contribution < 1.29 is 17.9 Å². The van der Waals surface area contributed by atoms with Crippen LogP contribution in [0.3, 0.4) is 0 Å². The van der Waals surface area contributed by atoms with Crippen molar-refractivity contribution in [3.05, 3.63) is 55.1 Å². The van der Waals surface area contributed by atoms with Crippen LogP contribution in [0.25, 0.3) is 5.82 Å². The third-order valence-corrected chi connectivity index (χ3v) is 7.32. The standard InChI is InChI=1S/C21H23N5O4S/c27-31(28,17-4-5-18-19(14-17)30-13-3-12-29-18)26-10-8-25(9-11-26)21-15-20(22-16-23-21)24-6-1-2-7-24/h1-2,4-7,14-16H,3,8-13H2. The second-order valence-corrected chi connectivity index (χ2v) is 9.31. The molecule has 0 unspecified atom stereocenters. The minimum Gasteiger partial charge on any atom is -0.490 e. The van der Waals surface area contributed by atoms with Crippen molar-refractivity contribution in [1.29, 1.82) is 0 Å². The lowest BCUT2D eigenvalue weighted by Gasteiger charge is -2.34. The maximum absolute atomic E-state index is 13.2. The van der Waals surface area contributed by atoms with Gasteiger partial charge in [-0.3, -0.25) is 0 Å². The van der Waals surface area contributed by atoms with Crippen LogP contribution in [0.1, 0.15) is 6.42 Å². The summed E-state index contributed by atoms with van der Waals surface area (Å²) in [6, 6.07) is 10.6. The number of sulfonamides is 1. The van der Waals surface area contributed by atoms with Crippen molar-refractivity contribution in [2.45, 2.75) is 11.3 Å². The molecule has 31 heavy (non-hydrogen) atoms. The molecule has 1 fully saturated rings. The maximum atomic E-state index is 13.2. The largest absolute Gasteiger partial charge is 0.490 e. The highest BCUT2D eigenvalue weighted by molar-refractivity contribution is 7.89. The van der Waals surface area contributed by atoms with Crippen molar-refractivity contribution in [3.63, 3.8) is 0 Å². The first-order chi connectivity index (χ1) is 15.1. The quantitative estimate of drug-likeness (QED) is 0.611. The fourth-order valence-corrected chi connectivity index (χ4v) is 5.19. The van der Waals surface area contributed by atoms with Crippen LogP contribution in [-0.4, -0.2) is 66.7 Å². The van der Waals surface area contributed by atoms with Gasteiger partial charge in [0.25, 0.3) is 0 Å². The van der Waals surface area contributed by atoms with Crippen LogP contribution in [0.15, 0.2) is 60.0 Å². The molecule has 9 nitrogen and oxygen atoms in total. The van der Waals surface area contributed by atoms with E-state index in [1.807, 2.05) is 35.2 Å². The predicted octanol–water partition coefficient (Wildman–Crippen LogP) is 1.94. The second-order valence-electron chi connectivity index (χ2n) is 7.37. The van der Waals surface area contributed by atoms with E-state index in [1.54, 1.807) is 18.2 Å². The van der Waals surface area contributed by atoms with Crippen LogP contribution in [0.4, 0.5) is 5.82 Å². The van der Waals surface area contributed by atoms with Gasteiger partial charge in [-0.2, -0.15) is 4.31 Å². The van der Waals surface area contributed by atoms with Crippen molar-refractivity contribution in [1.82, 2.24) is 18.8 Å². The second kappa shape index (κ2) is 8.20. The lowest BCUT2D eigenvalue weighted by atomic mass is 10.3. The molecule has 10 heteroatoms. The van der Waals surface area contributed by atoms with E-state index in [2.05, 4.69) is 14.9 Å². The lowest BCUT2D eigenvalue weighted by molar-refractivity contribution is 0.296. The fraction of sp³-hybridized carbons (Fsp3) is 0.333. The Bertz CT molecular complexity index is 1160. The molecule has 2 aromatic heterocycles. The third kappa shape index (κ3) is 3.96. The monoisotopic (exact) mass is 441 g/mol. The predicted molar refractivity (Wildman–Crippen MR) is 114 cm³/mol. The first-order valence-electron chi connectivity index (χ1n) is 10.2. The Balaban J connectivity index is 1.30. The third-order valence-electron chi connectivity index (χ3n) is 5.43. The highest BCUT2D eigenvalue weighted by Crippen LogP contribution is 2.33. The molecule has 0 bridgehead atoms. The number of piperazine rings is 1. The number of benzene rings is 1. The van der Waals surface area contributed by atoms with E-state index < -0.39 is 10.0 Å². The molecule has 0 radical (unpaired) electrons. The number of hydrogen-bond donors (Lipinski definition) is 0. The van der Waals surface area contributed by atoms with Crippen LogP contribution in [0, 0.1) is 0 Å². The van der Waals surface area contributed by atoms with Gasteiger partial charge in [0.1, 0.15) is 18.0 Å². The zero-order chi connectivity index (χ0) is 21.3. The topological polar surface area (TPSA) is 89.8 Å². The summed E-state index contributed by atoms with van der Waals surface area (Å²) in [6.45, 7) is 2.92. The van der Waals surface area contributed by atoms with Crippen LogP contribution < -0.4 is 14.4 Å². The highest BCUT2D eigenvalue weighted by atomic mass is 32.2. The fourth-order valence-electron chi connectivity index (χ4n) is 3.75. The van der Waals surface area contributed by atoms with E-state index in [-0.39, 0.29) is 4.90 Å². The van der Waals surface area contributed by atoms with Gasteiger partial charge >= 0.3 is 0 Å². The molecule has 3 aromatic rings. The zero-order valence-electron chi connectivity index (χ0n) is 16.9. The van der Waals surface area contributed by atoms with Gasteiger partial charge in [-0.05, 0) is 24.3 Å². The smallest absolute Gasteiger partial charge is 0.243 e. The Morgan fingerprint density at radius 1 is 0.839 bits per heavy atom. The summed E-state index contributed by atoms with van der Waals surface area (Å²) in [5.74, 6) is 2.63. The first kappa shape index (κ1) is 19.8. The number of ether oxygens (including phenoxy) is 2. The molecule has 0 N–H and O–H groups in total. The first-order valence-corrected chi connectivity index (χ1v) is 11.7. The lowest BCUT2D eigenvalue weighted by Crippen LogP contribution is -2.48. The number of nitrogens with zero attached hydrogens (tertiary/aromatic N) is 5. The molecule has 0 atom stereocenters. The molecule has 2 aliphatic rings. The number of hydrogen-bond acceptors (Lipinski definition) is 7. The average molecular weight is 442 g/mol. The molecule has 0 aliphatic carbocycles. The van der Waals surface area contributed by atoms with Gasteiger partial charge in [0, 0.05) is 57.1 Å². The minimum atomic E-state index is -3.62. The summed E-state index contributed by atoms with van der Waals surface area (Å²) in [5.41, 5.74) is 0. The van der Waals surface area contributed by atoms with E-state index in [0.29, 0.717) is 50.9 Å². The molecular formula is C21H23N5O4S. The summed E-state index contributed by atoms with van der Waals surface area (Å²) in [4.78, 5) is 11.0. The highest BCUT2D eigenvalue weighted by Gasteiger charge is 2.30. The summed E-state index contributed by atoms with van der Waals surface area (Å²) in [5, 5.41) is 0. The molecule has 1 aromatic carbocycles. The maximum Gasteiger partial charge on any atom is 0.243 e. The van der Waals surface area contributed by atoms with Gasteiger partial charge in [-0.25, -0.2) is 18.4 Å². The molecule has 0 saturated carbocycles. The van der Waals surface area contributed by atoms with Crippen LogP contribution in [0.5, 0.6) is 11.5 Å². The van der Waals surface area contributed by atoms with E-state index in [0.717, 1.165) is 18.1 Å². The number of aromatic nitrogens is 3. The van der Waals surface area contributed by atoms with Crippen molar-refractivity contribution in [2.75, 3.05) is 44.3 Å². The minimum absolute atomic E-state index is 0.224. The Hall–Kier alpha value is -3.11. The van der Waals surface area contributed by atoms with E-state index in [4.69, 9.17) is 9.47 Å². The number of anilines is 1. The Morgan fingerprint density at radius 2 is 1.55 bits per heavy atom. The summed E-state index contributed by atoms with van der Waals surface area (Å²) < 4.78 is 41.1. The number of fused-ring (bicyclic) bond motifs is 1. The Kier molecular flexibility index (Phi) is 5.24. The van der Waals surface area contributed by atoms with Crippen LogP contribution in [-0.2, 0) is 10.0 Å². The van der Waals surface area contributed by atoms with Gasteiger partial charge in [-0.15, -0.1) is 0 Å². The van der Waals surface area contributed by atoms with Crippen molar-refractivity contribution >= 4 is 15.8 Å². The van der Waals surface area contributed by atoms with Gasteiger partial charge in [0.05, 0.1) is 18.1 Å². The molecule has 162 valence electrons. The molecule has 4 heterocycles. The summed E-state index contributed by atoms with van der Waals surface area (Å²) in [7, 11) is -3.62. The van der Waals surface area contributed by atoms with E-state index in [9.17, 15) is 8.42 Å². The molecule has 0 amide bonds. The molecular weight excluding hydrogens is 418 g/mol. The molecule has 2 aliphatic heterocycles. The summed E-state index contributed by atoms with van der Waals surface area (Å²) in [6.07, 6.45) is 6.15. The van der Waals surface area contributed by atoms with Crippen LogP contribution >= 0.6 is 0 Å². The van der Waals surface area contributed by atoms with E-state index in [1.165, 1.54) is 10.6 Å². The Labute approximate surface area is 180 Å². The SMILES string of the molecule is O=S(=O)(c1ccc2c(c1)OCCCO2)N1CCN(c2cc(-n3cccc3)ncn2)CC1. The van der Waals surface area contributed by atoms with Gasteiger partial charge < -0.3 is 18.9 Å². The average Bonchev–Trinajstić information content (AvgIpc) is 3.24. The van der Waals surface area contributed by atoms with Gasteiger partial charge in [-0.1, -0.05) is 0 Å². The van der Waals surface area contributed by atoms with E-state index >= 15 is 0 Å². The Morgan fingerprint density at radius 3 is 2.32 bits per heavy atom. The zero-order valence-corrected chi connectivity index (χ0v) is 17.7. The molecule has 5 rings (SSSR count). The molecule has 0 spiro atoms. The molecule has 1 saturated heterocycles. The summed E-state index contributed by atoms with van der Waals surface area (Å²) >= 11 is 0. The van der Waals surface area contributed by atoms with Gasteiger partial charge in [0.2, 0.25) is 10.0 Å². The van der Waals surface area contributed by atoms with Crippen molar-refractivity contribution in [2.24, 2.45) is 0 Å². The van der Waals surface area contributed by atoms with Crippen molar-refractivity contribution in [3.8, 4) is 17.3 Å².